The number of aliphatic hydroxyl groups excluding tert-OH is 1. The van der Waals surface area contributed by atoms with Gasteiger partial charge in [-0.1, -0.05) is 20.8 Å². The Balaban J connectivity index is 2.34. The Labute approximate surface area is 71.5 Å². The van der Waals surface area contributed by atoms with Gasteiger partial charge >= 0.3 is 5.97 Å². The van der Waals surface area contributed by atoms with Crippen LogP contribution in [0, 0.1) is 5.41 Å². The molecule has 1 aliphatic rings. The van der Waals surface area contributed by atoms with Crippen molar-refractivity contribution in [1.29, 1.82) is 0 Å². The maximum atomic E-state index is 11.0. The Morgan fingerprint density at radius 2 is 2.17 bits per heavy atom. The van der Waals surface area contributed by atoms with Crippen LogP contribution in [-0.4, -0.2) is 30.1 Å². The van der Waals surface area contributed by atoms with Gasteiger partial charge in [0.1, 0.15) is 0 Å². The van der Waals surface area contributed by atoms with E-state index in [1.165, 1.54) is 0 Å². The fraction of sp³-hybridized carbons (Fsp3) is 0.875. The molecule has 1 fully saturated rings. The average Bonchev–Trinajstić information content (AvgIpc) is 2.65. The van der Waals surface area contributed by atoms with Crippen LogP contribution in [0.3, 0.4) is 0 Å². The fourth-order valence-electron chi connectivity index (χ4n) is 0.547. The number of rotatable bonds is 2. The molecule has 70 valence electrons. The van der Waals surface area contributed by atoms with Gasteiger partial charge in [-0.2, -0.15) is 0 Å². The normalized spacial score (nSPS) is 24.8. The van der Waals surface area contributed by atoms with Crippen LogP contribution in [0.1, 0.15) is 20.8 Å². The van der Waals surface area contributed by atoms with Crippen molar-refractivity contribution in [2.24, 2.45) is 5.41 Å². The van der Waals surface area contributed by atoms with Gasteiger partial charge in [-0.3, -0.25) is 0 Å². The highest BCUT2D eigenvalue weighted by Gasteiger charge is 2.36. The molecule has 2 unspecified atom stereocenters. The largest absolute Gasteiger partial charge is 0.433 e. The summed E-state index contributed by atoms with van der Waals surface area (Å²) in [6.45, 7) is 5.78. The van der Waals surface area contributed by atoms with Gasteiger partial charge in [0.2, 0.25) is 6.29 Å². The third-order valence-electron chi connectivity index (χ3n) is 1.56. The number of hydrogen-bond donors (Lipinski definition) is 1. The molecule has 12 heavy (non-hydrogen) atoms. The van der Waals surface area contributed by atoms with Gasteiger partial charge in [-0.05, 0) is 0 Å². The Hall–Kier alpha value is -0.610. The lowest BCUT2D eigenvalue weighted by Gasteiger charge is -2.24. The van der Waals surface area contributed by atoms with Crippen molar-refractivity contribution in [1.82, 2.24) is 0 Å². The maximum absolute atomic E-state index is 11.0. The van der Waals surface area contributed by atoms with E-state index >= 15 is 0 Å². The van der Waals surface area contributed by atoms with Crippen LogP contribution in [0.5, 0.6) is 0 Å². The van der Waals surface area contributed by atoms with Crippen molar-refractivity contribution in [2.75, 3.05) is 6.61 Å². The topological polar surface area (TPSA) is 59.1 Å². The first-order valence-corrected chi connectivity index (χ1v) is 3.91. The lowest BCUT2D eigenvalue weighted by Crippen LogP contribution is -2.32. The number of esters is 1. The van der Waals surface area contributed by atoms with Gasteiger partial charge in [0, 0.05) is 5.41 Å². The smallest absolute Gasteiger partial charge is 0.340 e. The summed E-state index contributed by atoms with van der Waals surface area (Å²) in [6.07, 6.45) is -1.50. The molecule has 0 spiro atoms. The number of hydrogen-bond acceptors (Lipinski definition) is 4. The van der Waals surface area contributed by atoms with Crippen molar-refractivity contribution in [3.05, 3.63) is 0 Å². The maximum Gasteiger partial charge on any atom is 0.340 e. The summed E-state index contributed by atoms with van der Waals surface area (Å²) >= 11 is 0. The van der Waals surface area contributed by atoms with Crippen molar-refractivity contribution < 1.29 is 19.4 Å². The SMILES string of the molecule is CC(C)(C)C(O)OC(=O)C1CO1. The molecule has 0 aliphatic carbocycles. The van der Waals surface area contributed by atoms with Crippen LogP contribution < -0.4 is 0 Å². The molecule has 0 aromatic heterocycles. The van der Waals surface area contributed by atoms with Gasteiger partial charge in [0.25, 0.3) is 0 Å². The molecule has 1 heterocycles. The quantitative estimate of drug-likeness (QED) is 0.371. The summed E-state index contributed by atoms with van der Waals surface area (Å²) < 4.78 is 9.43. The third-order valence-corrected chi connectivity index (χ3v) is 1.56. The van der Waals surface area contributed by atoms with E-state index in [1.54, 1.807) is 20.8 Å². The van der Waals surface area contributed by atoms with Gasteiger partial charge < -0.3 is 14.6 Å². The van der Waals surface area contributed by atoms with Crippen LogP contribution in [0.15, 0.2) is 0 Å². The standard InChI is InChI=1S/C8H14O4/c1-8(2,3)7(10)12-6(9)5-4-11-5/h5,7,10H,4H2,1-3H3. The first-order valence-electron chi connectivity index (χ1n) is 3.91. The Kier molecular flexibility index (Phi) is 2.39. The Morgan fingerprint density at radius 1 is 1.67 bits per heavy atom. The Bertz CT molecular complexity index is 178. The summed E-state index contributed by atoms with van der Waals surface area (Å²) in [4.78, 5) is 11.0. The Morgan fingerprint density at radius 3 is 2.50 bits per heavy atom. The monoisotopic (exact) mass is 174 g/mol. The molecule has 1 N–H and O–H groups in total. The number of carbonyl (C=O) groups is 1. The summed E-state index contributed by atoms with van der Waals surface area (Å²) in [7, 11) is 0. The van der Waals surface area contributed by atoms with E-state index < -0.39 is 23.8 Å². The predicted molar refractivity (Wildman–Crippen MR) is 41.3 cm³/mol. The van der Waals surface area contributed by atoms with Gasteiger partial charge in [0.15, 0.2) is 6.10 Å². The minimum Gasteiger partial charge on any atom is -0.433 e. The molecular weight excluding hydrogens is 160 g/mol. The molecule has 0 saturated carbocycles. The van der Waals surface area contributed by atoms with E-state index in [1.807, 2.05) is 0 Å². The molecule has 0 bridgehead atoms. The lowest BCUT2D eigenvalue weighted by molar-refractivity contribution is -0.187. The highest BCUT2D eigenvalue weighted by Crippen LogP contribution is 2.22. The lowest BCUT2D eigenvalue weighted by atomic mass is 9.96. The zero-order valence-corrected chi connectivity index (χ0v) is 7.53. The van der Waals surface area contributed by atoms with Crippen molar-refractivity contribution >= 4 is 5.97 Å². The van der Waals surface area contributed by atoms with E-state index in [0.717, 1.165) is 0 Å². The summed E-state index contributed by atoms with van der Waals surface area (Å²) in [5.74, 6) is -0.475. The number of epoxide rings is 1. The second-order valence-electron chi connectivity index (χ2n) is 3.98. The third kappa shape index (κ3) is 2.46. The van der Waals surface area contributed by atoms with Crippen molar-refractivity contribution in [3.8, 4) is 0 Å². The van der Waals surface area contributed by atoms with Crippen molar-refractivity contribution in [3.63, 3.8) is 0 Å². The summed E-state index contributed by atoms with van der Waals surface area (Å²) in [6, 6.07) is 0. The summed E-state index contributed by atoms with van der Waals surface area (Å²) in [5, 5.41) is 9.33. The molecular formula is C8H14O4. The van der Waals surface area contributed by atoms with Crippen LogP contribution in [0.4, 0.5) is 0 Å². The molecule has 0 radical (unpaired) electrons. The molecule has 0 amide bonds. The second kappa shape index (κ2) is 3.03. The van der Waals surface area contributed by atoms with E-state index in [9.17, 15) is 9.90 Å². The number of aliphatic hydroxyl groups is 1. The zero-order chi connectivity index (χ0) is 9.35. The zero-order valence-electron chi connectivity index (χ0n) is 7.53. The molecule has 1 rings (SSSR count). The van der Waals surface area contributed by atoms with Crippen LogP contribution in [0.25, 0.3) is 0 Å². The predicted octanol–water partition coefficient (Wildman–Crippen LogP) is 0.293. The first kappa shape index (κ1) is 9.48. The second-order valence-corrected chi connectivity index (χ2v) is 3.98. The molecule has 2 atom stereocenters. The summed E-state index contributed by atoms with van der Waals surface area (Å²) in [5.41, 5.74) is -0.440. The molecule has 1 saturated heterocycles. The van der Waals surface area contributed by atoms with E-state index in [-0.39, 0.29) is 0 Å². The average molecular weight is 174 g/mol. The van der Waals surface area contributed by atoms with Gasteiger partial charge in [-0.15, -0.1) is 0 Å². The minimum absolute atomic E-state index is 0.412. The van der Waals surface area contributed by atoms with E-state index in [4.69, 9.17) is 9.47 Å². The highest BCUT2D eigenvalue weighted by atomic mass is 16.7. The molecule has 4 nitrogen and oxygen atoms in total. The number of ether oxygens (including phenoxy) is 2. The van der Waals surface area contributed by atoms with E-state index in [0.29, 0.717) is 6.61 Å². The molecule has 0 aromatic carbocycles. The van der Waals surface area contributed by atoms with Crippen molar-refractivity contribution in [2.45, 2.75) is 33.2 Å². The molecule has 0 aromatic rings. The highest BCUT2D eigenvalue weighted by molar-refractivity contribution is 5.77. The molecule has 1 aliphatic heterocycles. The van der Waals surface area contributed by atoms with Crippen LogP contribution in [0.2, 0.25) is 0 Å². The first-order chi connectivity index (χ1) is 5.41. The molecule has 4 heteroatoms. The number of carbonyl (C=O) groups excluding carboxylic acids is 1. The fourth-order valence-corrected chi connectivity index (χ4v) is 0.547. The van der Waals surface area contributed by atoms with Crippen LogP contribution >= 0.6 is 0 Å². The van der Waals surface area contributed by atoms with Gasteiger partial charge in [0.05, 0.1) is 6.61 Å². The van der Waals surface area contributed by atoms with Crippen LogP contribution in [-0.2, 0) is 14.3 Å². The van der Waals surface area contributed by atoms with E-state index in [2.05, 4.69) is 0 Å². The minimum atomic E-state index is -1.06. The van der Waals surface area contributed by atoms with Gasteiger partial charge in [-0.25, -0.2) is 4.79 Å².